The van der Waals surface area contributed by atoms with Gasteiger partial charge in [-0.25, -0.2) is 9.97 Å². The quantitative estimate of drug-likeness (QED) is 0.935. The number of aryl methyl sites for hydroxylation is 1. The molecule has 0 aromatic carbocycles. The maximum atomic E-state index is 13.1. The van der Waals surface area contributed by atoms with Crippen LogP contribution in [0.25, 0.3) is 11.3 Å². The fraction of sp³-hybridized carbons (Fsp3) is 0.357. The van der Waals surface area contributed by atoms with E-state index in [9.17, 15) is 13.2 Å². The molecule has 0 fully saturated rings. The molecule has 0 atom stereocenters. The Bertz CT molecular complexity index is 626. The van der Waals surface area contributed by atoms with E-state index in [0.29, 0.717) is 18.1 Å². The highest BCUT2D eigenvalue weighted by Crippen LogP contribution is 2.36. The molecule has 0 amide bonds. The minimum absolute atomic E-state index is 0.0375. The number of halogens is 3. The lowest BCUT2D eigenvalue weighted by Gasteiger charge is -2.14. The molecule has 7 heteroatoms. The molecular formula is C14H15F3N4. The van der Waals surface area contributed by atoms with Crippen LogP contribution in [-0.2, 0) is 6.18 Å². The number of nitrogens with one attached hydrogen (secondary N) is 1. The van der Waals surface area contributed by atoms with E-state index in [1.54, 1.807) is 6.92 Å². The van der Waals surface area contributed by atoms with Crippen LogP contribution in [0.2, 0.25) is 0 Å². The first-order chi connectivity index (χ1) is 9.93. The van der Waals surface area contributed by atoms with Crippen molar-refractivity contribution in [2.75, 3.05) is 11.9 Å². The smallest absolute Gasteiger partial charge is 0.354 e. The van der Waals surface area contributed by atoms with E-state index in [4.69, 9.17) is 0 Å². The van der Waals surface area contributed by atoms with E-state index in [1.807, 2.05) is 6.92 Å². The van der Waals surface area contributed by atoms with E-state index in [-0.39, 0.29) is 11.3 Å². The molecular weight excluding hydrogens is 281 g/mol. The molecule has 0 aliphatic carbocycles. The maximum absolute atomic E-state index is 13.1. The number of rotatable bonds is 4. The summed E-state index contributed by atoms with van der Waals surface area (Å²) in [5.74, 6) is 0.314. The summed E-state index contributed by atoms with van der Waals surface area (Å²) < 4.78 is 39.2. The monoisotopic (exact) mass is 296 g/mol. The van der Waals surface area contributed by atoms with Crippen molar-refractivity contribution in [1.82, 2.24) is 15.0 Å². The predicted molar refractivity (Wildman–Crippen MR) is 73.8 cm³/mol. The second-order valence-corrected chi connectivity index (χ2v) is 4.57. The molecule has 0 saturated heterocycles. The summed E-state index contributed by atoms with van der Waals surface area (Å²) in [4.78, 5) is 12.0. The first-order valence-electron chi connectivity index (χ1n) is 6.52. The number of hydrogen-bond acceptors (Lipinski definition) is 4. The van der Waals surface area contributed by atoms with Crippen LogP contribution in [0.4, 0.5) is 19.1 Å². The van der Waals surface area contributed by atoms with Gasteiger partial charge in [-0.2, -0.15) is 13.2 Å². The van der Waals surface area contributed by atoms with Crippen molar-refractivity contribution in [3.8, 4) is 11.3 Å². The van der Waals surface area contributed by atoms with Gasteiger partial charge in [0.1, 0.15) is 0 Å². The third-order valence-electron chi connectivity index (χ3n) is 2.89. The lowest BCUT2D eigenvalue weighted by Crippen LogP contribution is -2.10. The Labute approximate surface area is 120 Å². The van der Waals surface area contributed by atoms with Crippen molar-refractivity contribution in [1.29, 1.82) is 0 Å². The Kier molecular flexibility index (Phi) is 4.40. The van der Waals surface area contributed by atoms with Crippen LogP contribution in [-0.4, -0.2) is 21.5 Å². The number of nitrogens with zero attached hydrogens (tertiary/aromatic N) is 3. The van der Waals surface area contributed by atoms with E-state index in [1.165, 1.54) is 12.4 Å². The van der Waals surface area contributed by atoms with Gasteiger partial charge >= 0.3 is 6.18 Å². The average molecular weight is 296 g/mol. The third kappa shape index (κ3) is 3.48. The second kappa shape index (κ2) is 6.07. The van der Waals surface area contributed by atoms with Crippen molar-refractivity contribution < 1.29 is 13.2 Å². The van der Waals surface area contributed by atoms with Gasteiger partial charge in [0, 0.05) is 30.7 Å². The van der Waals surface area contributed by atoms with Crippen molar-refractivity contribution in [3.63, 3.8) is 0 Å². The minimum Gasteiger partial charge on any atom is -0.354 e. The Balaban J connectivity index is 2.51. The molecule has 0 aliphatic heterocycles. The van der Waals surface area contributed by atoms with Gasteiger partial charge in [-0.3, -0.25) is 4.98 Å². The summed E-state index contributed by atoms with van der Waals surface area (Å²) in [6.07, 6.45) is 0.230. The van der Waals surface area contributed by atoms with E-state index in [2.05, 4.69) is 20.3 Å². The molecule has 0 unspecified atom stereocenters. The lowest BCUT2D eigenvalue weighted by molar-refractivity contribution is -0.137. The molecule has 2 aromatic heterocycles. The van der Waals surface area contributed by atoms with Gasteiger partial charge in [0.05, 0.1) is 11.3 Å². The van der Waals surface area contributed by atoms with E-state index in [0.717, 1.165) is 18.7 Å². The minimum atomic E-state index is -4.45. The molecule has 0 radical (unpaired) electrons. The first kappa shape index (κ1) is 15.2. The van der Waals surface area contributed by atoms with Crippen LogP contribution < -0.4 is 5.32 Å². The summed E-state index contributed by atoms with van der Waals surface area (Å²) >= 11 is 0. The van der Waals surface area contributed by atoms with Gasteiger partial charge in [0.2, 0.25) is 5.95 Å². The van der Waals surface area contributed by atoms with Crippen molar-refractivity contribution in [2.24, 2.45) is 0 Å². The van der Waals surface area contributed by atoms with Gasteiger partial charge in [0.25, 0.3) is 0 Å². The highest BCUT2D eigenvalue weighted by molar-refractivity contribution is 5.67. The average Bonchev–Trinajstić information content (AvgIpc) is 2.45. The fourth-order valence-corrected chi connectivity index (χ4v) is 1.87. The van der Waals surface area contributed by atoms with E-state index >= 15 is 0 Å². The second-order valence-electron chi connectivity index (χ2n) is 4.57. The molecule has 2 heterocycles. The normalized spacial score (nSPS) is 11.5. The van der Waals surface area contributed by atoms with Gasteiger partial charge in [-0.1, -0.05) is 6.92 Å². The van der Waals surface area contributed by atoms with Crippen molar-refractivity contribution in [3.05, 3.63) is 35.8 Å². The maximum Gasteiger partial charge on any atom is 0.417 e. The molecule has 2 rings (SSSR count). The molecule has 21 heavy (non-hydrogen) atoms. The Morgan fingerprint density at radius 2 is 2.00 bits per heavy atom. The largest absolute Gasteiger partial charge is 0.417 e. The van der Waals surface area contributed by atoms with Crippen LogP contribution in [0.1, 0.15) is 24.5 Å². The highest BCUT2D eigenvalue weighted by Gasteiger charge is 2.34. The van der Waals surface area contributed by atoms with Gasteiger partial charge in [-0.05, 0) is 25.0 Å². The first-order valence-corrected chi connectivity index (χ1v) is 6.52. The van der Waals surface area contributed by atoms with Crippen LogP contribution in [0.5, 0.6) is 0 Å². The third-order valence-corrected chi connectivity index (χ3v) is 2.89. The number of alkyl halides is 3. The van der Waals surface area contributed by atoms with Gasteiger partial charge in [0.15, 0.2) is 0 Å². The molecule has 0 spiro atoms. The van der Waals surface area contributed by atoms with Gasteiger partial charge in [-0.15, -0.1) is 0 Å². The zero-order valence-electron chi connectivity index (χ0n) is 11.7. The Morgan fingerprint density at radius 3 is 2.67 bits per heavy atom. The lowest BCUT2D eigenvalue weighted by atomic mass is 10.0. The SMILES string of the molecule is CCCNc1ncc(C)c(-c2cnccc2C(F)(F)F)n1. The number of pyridine rings is 1. The van der Waals surface area contributed by atoms with Crippen LogP contribution in [0, 0.1) is 6.92 Å². The number of anilines is 1. The molecule has 0 bridgehead atoms. The van der Waals surface area contributed by atoms with Crippen LogP contribution in [0.15, 0.2) is 24.7 Å². The van der Waals surface area contributed by atoms with Gasteiger partial charge < -0.3 is 5.32 Å². The Hall–Kier alpha value is -2.18. The zero-order chi connectivity index (χ0) is 15.5. The number of hydrogen-bond donors (Lipinski definition) is 1. The molecule has 0 aliphatic rings. The summed E-state index contributed by atoms with van der Waals surface area (Å²) in [5.41, 5.74) is 0.0183. The van der Waals surface area contributed by atoms with E-state index < -0.39 is 11.7 Å². The molecule has 1 N–H and O–H groups in total. The van der Waals surface area contributed by atoms with Crippen LogP contribution in [0.3, 0.4) is 0 Å². The molecule has 112 valence electrons. The fourth-order valence-electron chi connectivity index (χ4n) is 1.87. The van der Waals surface area contributed by atoms with Crippen molar-refractivity contribution in [2.45, 2.75) is 26.4 Å². The molecule has 2 aromatic rings. The summed E-state index contributed by atoms with van der Waals surface area (Å²) in [6.45, 7) is 4.30. The van der Waals surface area contributed by atoms with Crippen LogP contribution >= 0.6 is 0 Å². The molecule has 0 saturated carbocycles. The standard InChI is InChI=1S/C14H15F3N4/c1-3-5-19-13-20-7-9(2)12(21-13)10-8-18-6-4-11(10)14(15,16)17/h4,6-8H,3,5H2,1-2H3,(H,19,20,21). The number of aromatic nitrogens is 3. The topological polar surface area (TPSA) is 50.7 Å². The predicted octanol–water partition coefficient (Wildman–Crippen LogP) is 3.69. The summed E-state index contributed by atoms with van der Waals surface area (Å²) in [6, 6.07) is 0.954. The zero-order valence-corrected chi connectivity index (χ0v) is 11.7. The molecule has 4 nitrogen and oxygen atoms in total. The summed E-state index contributed by atoms with van der Waals surface area (Å²) in [7, 11) is 0. The van der Waals surface area contributed by atoms with Crippen molar-refractivity contribution >= 4 is 5.95 Å². The Morgan fingerprint density at radius 1 is 1.24 bits per heavy atom. The highest BCUT2D eigenvalue weighted by atomic mass is 19.4. The summed E-state index contributed by atoms with van der Waals surface area (Å²) in [5, 5.41) is 2.97.